The molecule has 0 unspecified atom stereocenters. The second-order valence-electron chi connectivity index (χ2n) is 4.19. The lowest BCUT2D eigenvalue weighted by atomic mass is 10.2. The van der Waals surface area contributed by atoms with Crippen molar-refractivity contribution in [2.45, 2.75) is 32.4 Å². The van der Waals surface area contributed by atoms with Gasteiger partial charge in [-0.2, -0.15) is 0 Å². The average Bonchev–Trinajstić information content (AvgIpc) is 2.21. The van der Waals surface area contributed by atoms with Crippen molar-refractivity contribution in [3.05, 3.63) is 12.3 Å². The minimum atomic E-state index is -0.0710. The van der Waals surface area contributed by atoms with Gasteiger partial charge in [0, 0.05) is 18.8 Å². The molecule has 0 spiro atoms. The van der Waals surface area contributed by atoms with Crippen molar-refractivity contribution >= 4 is 5.91 Å². The standard InChI is InChI=1S/C11H21N3O/c1-8-9(2)13-11(15)10(3)14(4)7-5-6-12-8/h9-10,12H,1,5-7H2,2-4H3,(H,13,15)/t9-,10-/m0/s1. The van der Waals surface area contributed by atoms with Crippen LogP contribution >= 0.6 is 0 Å². The topological polar surface area (TPSA) is 44.4 Å². The Morgan fingerprint density at radius 2 is 2.13 bits per heavy atom. The Labute approximate surface area is 91.7 Å². The first-order valence-electron chi connectivity index (χ1n) is 5.45. The molecule has 1 amide bonds. The van der Waals surface area contributed by atoms with E-state index in [1.807, 2.05) is 20.9 Å². The van der Waals surface area contributed by atoms with E-state index in [0.717, 1.165) is 25.2 Å². The van der Waals surface area contributed by atoms with Gasteiger partial charge >= 0.3 is 0 Å². The van der Waals surface area contributed by atoms with Crippen LogP contribution in [0.2, 0.25) is 0 Å². The predicted octanol–water partition coefficient (Wildman–Crippen LogP) is 0.318. The van der Waals surface area contributed by atoms with Gasteiger partial charge in [-0.05, 0) is 27.3 Å². The fourth-order valence-corrected chi connectivity index (χ4v) is 1.55. The third-order valence-corrected chi connectivity index (χ3v) is 2.96. The zero-order valence-corrected chi connectivity index (χ0v) is 9.84. The number of carbonyl (C=O) groups is 1. The molecule has 0 aromatic carbocycles. The van der Waals surface area contributed by atoms with Crippen LogP contribution in [0.4, 0.5) is 0 Å². The molecule has 2 N–H and O–H groups in total. The van der Waals surface area contributed by atoms with E-state index in [0.29, 0.717) is 0 Å². The predicted molar refractivity (Wildman–Crippen MR) is 61.5 cm³/mol. The summed E-state index contributed by atoms with van der Waals surface area (Å²) in [7, 11) is 1.98. The van der Waals surface area contributed by atoms with Crippen LogP contribution < -0.4 is 10.6 Å². The fraction of sp³-hybridized carbons (Fsp3) is 0.727. The molecule has 0 aromatic heterocycles. The normalized spacial score (nSPS) is 30.6. The summed E-state index contributed by atoms with van der Waals surface area (Å²) in [5.41, 5.74) is 0.889. The Morgan fingerprint density at radius 1 is 1.47 bits per heavy atom. The van der Waals surface area contributed by atoms with E-state index in [1.54, 1.807) is 0 Å². The summed E-state index contributed by atoms with van der Waals surface area (Å²) in [5.74, 6) is 0.0647. The Bertz CT molecular complexity index is 252. The van der Waals surface area contributed by atoms with E-state index in [1.165, 1.54) is 0 Å². The maximum atomic E-state index is 11.8. The van der Waals surface area contributed by atoms with Crippen LogP contribution in [0.15, 0.2) is 12.3 Å². The molecule has 0 aliphatic carbocycles. The number of carbonyl (C=O) groups excluding carboxylic acids is 1. The summed E-state index contributed by atoms with van der Waals surface area (Å²) in [6, 6.07) is -0.0789. The van der Waals surface area contributed by atoms with Crippen LogP contribution in [0.25, 0.3) is 0 Å². The van der Waals surface area contributed by atoms with E-state index in [9.17, 15) is 4.79 Å². The van der Waals surface area contributed by atoms with Crippen molar-refractivity contribution in [1.29, 1.82) is 0 Å². The minimum Gasteiger partial charge on any atom is -0.387 e. The van der Waals surface area contributed by atoms with Crippen LogP contribution in [0, 0.1) is 0 Å². The van der Waals surface area contributed by atoms with Crippen molar-refractivity contribution in [3.63, 3.8) is 0 Å². The lowest BCUT2D eigenvalue weighted by Crippen LogP contribution is -2.49. The highest BCUT2D eigenvalue weighted by Crippen LogP contribution is 2.03. The van der Waals surface area contributed by atoms with E-state index in [4.69, 9.17) is 0 Å². The van der Waals surface area contributed by atoms with Crippen molar-refractivity contribution in [3.8, 4) is 0 Å². The maximum absolute atomic E-state index is 11.8. The molecule has 0 aromatic rings. The molecule has 4 nitrogen and oxygen atoms in total. The summed E-state index contributed by atoms with van der Waals surface area (Å²) in [4.78, 5) is 13.8. The van der Waals surface area contributed by atoms with Crippen LogP contribution in [-0.4, -0.2) is 43.0 Å². The molecule has 1 rings (SSSR count). The van der Waals surface area contributed by atoms with Gasteiger partial charge in [-0.15, -0.1) is 0 Å². The van der Waals surface area contributed by atoms with Gasteiger partial charge in [0.05, 0.1) is 12.1 Å². The Kier molecular flexibility index (Phi) is 4.15. The van der Waals surface area contributed by atoms with Crippen LogP contribution in [0.1, 0.15) is 20.3 Å². The fourth-order valence-electron chi connectivity index (χ4n) is 1.55. The number of nitrogens with one attached hydrogen (secondary N) is 2. The SMILES string of the molecule is C=C1NCCCN(C)[C@@H](C)C(=O)N[C@H]1C. The molecule has 86 valence electrons. The Balaban J connectivity index is 2.67. The van der Waals surface area contributed by atoms with Crippen molar-refractivity contribution in [2.24, 2.45) is 0 Å². The van der Waals surface area contributed by atoms with Gasteiger partial charge in [0.1, 0.15) is 0 Å². The number of amides is 1. The molecule has 1 aliphatic heterocycles. The number of rotatable bonds is 0. The summed E-state index contributed by atoms with van der Waals surface area (Å²) >= 11 is 0. The van der Waals surface area contributed by atoms with Crippen LogP contribution in [0.3, 0.4) is 0 Å². The quantitative estimate of drug-likeness (QED) is 0.606. The first kappa shape index (κ1) is 12.0. The van der Waals surface area contributed by atoms with E-state index in [2.05, 4.69) is 22.1 Å². The highest BCUT2D eigenvalue weighted by molar-refractivity contribution is 5.81. The third-order valence-electron chi connectivity index (χ3n) is 2.96. The molecular weight excluding hydrogens is 190 g/mol. The molecule has 0 saturated carbocycles. The molecular formula is C11H21N3O. The molecule has 2 atom stereocenters. The zero-order chi connectivity index (χ0) is 11.4. The van der Waals surface area contributed by atoms with Gasteiger partial charge in [0.25, 0.3) is 0 Å². The monoisotopic (exact) mass is 211 g/mol. The number of nitrogens with zero attached hydrogens (tertiary/aromatic N) is 1. The number of likely N-dealkylation sites (N-methyl/N-ethyl adjacent to an activating group) is 1. The van der Waals surface area contributed by atoms with Gasteiger partial charge < -0.3 is 10.6 Å². The van der Waals surface area contributed by atoms with E-state index >= 15 is 0 Å². The third kappa shape index (κ3) is 3.23. The summed E-state index contributed by atoms with van der Waals surface area (Å²) in [5, 5.41) is 6.16. The van der Waals surface area contributed by atoms with Gasteiger partial charge in [-0.3, -0.25) is 9.69 Å². The molecule has 15 heavy (non-hydrogen) atoms. The number of hydrogen-bond donors (Lipinski definition) is 2. The highest BCUT2D eigenvalue weighted by atomic mass is 16.2. The largest absolute Gasteiger partial charge is 0.387 e. The lowest BCUT2D eigenvalue weighted by molar-refractivity contribution is -0.125. The smallest absolute Gasteiger partial charge is 0.237 e. The average molecular weight is 211 g/mol. The molecule has 1 aliphatic rings. The second-order valence-corrected chi connectivity index (χ2v) is 4.19. The molecule has 4 heteroatoms. The molecule has 1 heterocycles. The van der Waals surface area contributed by atoms with Crippen molar-refractivity contribution in [2.75, 3.05) is 20.1 Å². The van der Waals surface area contributed by atoms with E-state index < -0.39 is 0 Å². The zero-order valence-electron chi connectivity index (χ0n) is 9.84. The summed E-state index contributed by atoms with van der Waals surface area (Å²) in [6.07, 6.45) is 1.03. The molecule has 1 fully saturated rings. The Hall–Kier alpha value is -1.03. The number of hydrogen-bond acceptors (Lipinski definition) is 3. The maximum Gasteiger partial charge on any atom is 0.237 e. The first-order chi connectivity index (χ1) is 7.02. The molecule has 1 saturated heterocycles. The molecule has 0 radical (unpaired) electrons. The van der Waals surface area contributed by atoms with Crippen molar-refractivity contribution in [1.82, 2.24) is 15.5 Å². The van der Waals surface area contributed by atoms with Gasteiger partial charge in [-0.1, -0.05) is 6.58 Å². The van der Waals surface area contributed by atoms with Crippen LogP contribution in [-0.2, 0) is 4.79 Å². The van der Waals surface area contributed by atoms with Gasteiger partial charge in [-0.25, -0.2) is 0 Å². The first-order valence-corrected chi connectivity index (χ1v) is 5.45. The summed E-state index contributed by atoms with van der Waals surface area (Å²) in [6.45, 7) is 9.62. The van der Waals surface area contributed by atoms with Gasteiger partial charge in [0.2, 0.25) is 5.91 Å². The minimum absolute atomic E-state index is 0.00792. The molecule has 0 bridgehead atoms. The van der Waals surface area contributed by atoms with Crippen molar-refractivity contribution < 1.29 is 4.79 Å². The lowest BCUT2D eigenvalue weighted by Gasteiger charge is -2.28. The summed E-state index contributed by atoms with van der Waals surface area (Å²) < 4.78 is 0. The van der Waals surface area contributed by atoms with E-state index in [-0.39, 0.29) is 18.0 Å². The van der Waals surface area contributed by atoms with Crippen LogP contribution in [0.5, 0.6) is 0 Å². The van der Waals surface area contributed by atoms with Gasteiger partial charge in [0.15, 0.2) is 0 Å². The second kappa shape index (κ2) is 5.16. The Morgan fingerprint density at radius 3 is 2.80 bits per heavy atom. The highest BCUT2D eigenvalue weighted by Gasteiger charge is 2.21.